The first-order valence-electron chi connectivity index (χ1n) is 6.34. The van der Waals surface area contributed by atoms with Crippen LogP contribution in [0.15, 0.2) is 21.4 Å². The molecule has 1 aliphatic carbocycles. The largest absolute Gasteiger partial charge is 0.457 e. The highest BCUT2D eigenvalue weighted by Crippen LogP contribution is 2.26. The monoisotopic (exact) mass is 315 g/mol. The number of amides is 1. The number of furan rings is 1. The zero-order valence-electron chi connectivity index (χ0n) is 10.2. The van der Waals surface area contributed by atoms with Crippen LogP contribution in [0, 0.1) is 0 Å². The normalized spacial score (nSPS) is 19.2. The van der Waals surface area contributed by atoms with E-state index in [2.05, 4.69) is 21.2 Å². The van der Waals surface area contributed by atoms with E-state index in [0.29, 0.717) is 16.8 Å². The topological polar surface area (TPSA) is 62.5 Å². The molecule has 0 radical (unpaired) electrons. The molecule has 2 rings (SSSR count). The molecule has 1 saturated carbocycles. The molecule has 1 fully saturated rings. The lowest BCUT2D eigenvalue weighted by Crippen LogP contribution is -2.42. The summed E-state index contributed by atoms with van der Waals surface area (Å²) < 4.78 is 5.54. The zero-order chi connectivity index (χ0) is 13.0. The Balaban J connectivity index is 1.88. The van der Waals surface area contributed by atoms with E-state index in [-0.39, 0.29) is 5.91 Å². The van der Waals surface area contributed by atoms with E-state index >= 15 is 0 Å². The lowest BCUT2D eigenvalue weighted by atomic mass is 9.94. The fraction of sp³-hybridized carbons (Fsp3) is 0.615. The van der Waals surface area contributed by atoms with Gasteiger partial charge in [0.05, 0.1) is 11.2 Å². The second kappa shape index (κ2) is 5.89. The molecule has 1 aromatic rings. The second-order valence-electron chi connectivity index (χ2n) is 4.96. The number of aliphatic hydroxyl groups is 1. The van der Waals surface area contributed by atoms with Gasteiger partial charge in [-0.25, -0.2) is 0 Å². The molecule has 0 saturated heterocycles. The first-order valence-corrected chi connectivity index (χ1v) is 7.13. The molecule has 0 aromatic carbocycles. The number of hydrogen-bond acceptors (Lipinski definition) is 3. The summed E-state index contributed by atoms with van der Waals surface area (Å²) >= 11 is 3.15. The predicted molar refractivity (Wildman–Crippen MR) is 71.4 cm³/mol. The van der Waals surface area contributed by atoms with Crippen molar-refractivity contribution in [3.05, 3.63) is 22.6 Å². The van der Waals surface area contributed by atoms with Crippen LogP contribution in [0.2, 0.25) is 0 Å². The quantitative estimate of drug-likeness (QED) is 0.843. The Bertz CT molecular complexity index is 408. The van der Waals surface area contributed by atoms with Gasteiger partial charge in [0.1, 0.15) is 6.26 Å². The summed E-state index contributed by atoms with van der Waals surface area (Å²) in [5, 5.41) is 13.2. The van der Waals surface area contributed by atoms with Gasteiger partial charge in [0.2, 0.25) is 0 Å². The van der Waals surface area contributed by atoms with E-state index in [9.17, 15) is 9.90 Å². The van der Waals surface area contributed by atoms with Crippen LogP contribution in [0.1, 0.15) is 48.9 Å². The maximum absolute atomic E-state index is 11.8. The van der Waals surface area contributed by atoms with Crippen molar-refractivity contribution in [2.24, 2.45) is 0 Å². The zero-order valence-corrected chi connectivity index (χ0v) is 11.8. The van der Waals surface area contributed by atoms with Crippen molar-refractivity contribution in [1.82, 2.24) is 5.32 Å². The highest BCUT2D eigenvalue weighted by Gasteiger charge is 2.28. The van der Waals surface area contributed by atoms with Crippen LogP contribution in [0.4, 0.5) is 0 Å². The molecule has 1 heterocycles. The molecular formula is C13H18BrNO3. The van der Waals surface area contributed by atoms with Crippen molar-refractivity contribution >= 4 is 21.8 Å². The van der Waals surface area contributed by atoms with E-state index in [1.54, 1.807) is 6.07 Å². The standard InChI is InChI=1S/C13H18BrNO3/c14-11-7-10(8-18-11)12(16)15-9-13(17)5-3-1-2-4-6-13/h7-8,17H,1-6,9H2,(H,15,16). The van der Waals surface area contributed by atoms with Gasteiger partial charge in [-0.05, 0) is 28.8 Å². The van der Waals surface area contributed by atoms with Crippen molar-refractivity contribution in [2.45, 2.75) is 44.1 Å². The third-order valence-electron chi connectivity index (χ3n) is 3.44. The second-order valence-corrected chi connectivity index (χ2v) is 5.74. The predicted octanol–water partition coefficient (Wildman–Crippen LogP) is 2.86. The molecule has 2 N–H and O–H groups in total. The minimum atomic E-state index is -0.743. The van der Waals surface area contributed by atoms with Crippen LogP contribution in [-0.2, 0) is 0 Å². The molecule has 100 valence electrons. The van der Waals surface area contributed by atoms with E-state index in [0.717, 1.165) is 25.7 Å². The number of carbonyl (C=O) groups is 1. The van der Waals surface area contributed by atoms with Crippen molar-refractivity contribution in [3.63, 3.8) is 0 Å². The number of hydrogen-bond donors (Lipinski definition) is 2. The summed E-state index contributed by atoms with van der Waals surface area (Å²) in [6.07, 6.45) is 7.34. The number of nitrogens with one attached hydrogen (secondary N) is 1. The molecule has 0 spiro atoms. The first-order chi connectivity index (χ1) is 8.59. The van der Waals surface area contributed by atoms with Crippen LogP contribution in [0.3, 0.4) is 0 Å². The summed E-state index contributed by atoms with van der Waals surface area (Å²) in [5.41, 5.74) is -0.272. The van der Waals surface area contributed by atoms with Gasteiger partial charge in [-0.1, -0.05) is 25.7 Å². The van der Waals surface area contributed by atoms with Crippen molar-refractivity contribution in [2.75, 3.05) is 6.54 Å². The van der Waals surface area contributed by atoms with E-state index in [1.165, 1.54) is 19.1 Å². The third-order valence-corrected chi connectivity index (χ3v) is 3.86. The molecular weight excluding hydrogens is 298 g/mol. The van der Waals surface area contributed by atoms with Gasteiger partial charge in [0, 0.05) is 12.6 Å². The SMILES string of the molecule is O=C(NCC1(O)CCCCCC1)c1coc(Br)c1. The molecule has 1 amide bonds. The molecule has 0 aliphatic heterocycles. The van der Waals surface area contributed by atoms with E-state index < -0.39 is 5.60 Å². The average molecular weight is 316 g/mol. The van der Waals surface area contributed by atoms with Gasteiger partial charge in [0.15, 0.2) is 4.67 Å². The number of carbonyl (C=O) groups excluding carboxylic acids is 1. The van der Waals surface area contributed by atoms with E-state index in [1.807, 2.05) is 0 Å². The molecule has 0 bridgehead atoms. The Kier molecular flexibility index (Phi) is 4.45. The fourth-order valence-electron chi connectivity index (χ4n) is 2.34. The average Bonchev–Trinajstić information content (AvgIpc) is 2.66. The summed E-state index contributed by atoms with van der Waals surface area (Å²) in [4.78, 5) is 11.8. The van der Waals surface area contributed by atoms with Crippen molar-refractivity contribution in [1.29, 1.82) is 0 Å². The molecule has 4 nitrogen and oxygen atoms in total. The number of halogens is 1. The molecule has 1 aromatic heterocycles. The highest BCUT2D eigenvalue weighted by molar-refractivity contribution is 9.10. The van der Waals surface area contributed by atoms with Gasteiger partial charge in [0.25, 0.3) is 5.91 Å². The molecule has 18 heavy (non-hydrogen) atoms. The molecule has 0 unspecified atom stereocenters. The van der Waals surface area contributed by atoms with Crippen LogP contribution < -0.4 is 5.32 Å². The summed E-state index contributed by atoms with van der Waals surface area (Å²) in [6, 6.07) is 1.62. The maximum Gasteiger partial charge on any atom is 0.254 e. The molecule has 1 aliphatic rings. The maximum atomic E-state index is 11.8. The Morgan fingerprint density at radius 2 is 2.06 bits per heavy atom. The summed E-state index contributed by atoms with van der Waals surface area (Å²) in [7, 11) is 0. The lowest BCUT2D eigenvalue weighted by molar-refractivity contribution is 0.0246. The summed E-state index contributed by atoms with van der Waals surface area (Å²) in [5.74, 6) is -0.206. The molecule has 5 heteroatoms. The van der Waals surface area contributed by atoms with Gasteiger partial charge in [-0.2, -0.15) is 0 Å². The smallest absolute Gasteiger partial charge is 0.254 e. The minimum Gasteiger partial charge on any atom is -0.457 e. The highest BCUT2D eigenvalue weighted by atomic mass is 79.9. The van der Waals surface area contributed by atoms with Crippen LogP contribution >= 0.6 is 15.9 Å². The minimum absolute atomic E-state index is 0.206. The lowest BCUT2D eigenvalue weighted by Gasteiger charge is -2.26. The van der Waals surface area contributed by atoms with Gasteiger partial charge in [-0.15, -0.1) is 0 Å². The Hall–Kier alpha value is -0.810. The van der Waals surface area contributed by atoms with Gasteiger partial charge in [-0.3, -0.25) is 4.79 Å². The first kappa shape index (κ1) is 13.6. The Morgan fingerprint density at radius 1 is 1.39 bits per heavy atom. The van der Waals surface area contributed by atoms with Gasteiger partial charge >= 0.3 is 0 Å². The van der Waals surface area contributed by atoms with Crippen molar-refractivity contribution in [3.8, 4) is 0 Å². The number of rotatable bonds is 3. The van der Waals surface area contributed by atoms with Crippen molar-refractivity contribution < 1.29 is 14.3 Å². The van der Waals surface area contributed by atoms with Crippen LogP contribution in [-0.4, -0.2) is 23.2 Å². The fourth-order valence-corrected chi connectivity index (χ4v) is 2.68. The van der Waals surface area contributed by atoms with Crippen LogP contribution in [0.25, 0.3) is 0 Å². The molecule has 0 atom stereocenters. The van der Waals surface area contributed by atoms with E-state index in [4.69, 9.17) is 4.42 Å². The third kappa shape index (κ3) is 3.59. The Morgan fingerprint density at radius 3 is 2.61 bits per heavy atom. The Labute approximate surface area is 115 Å². The van der Waals surface area contributed by atoms with Gasteiger partial charge < -0.3 is 14.8 Å². The summed E-state index contributed by atoms with van der Waals surface area (Å²) in [6.45, 7) is 0.314. The van der Waals surface area contributed by atoms with Crippen LogP contribution in [0.5, 0.6) is 0 Å².